The number of para-hydroxylation sites is 2. The molecule has 1 heteroatoms. The van der Waals surface area contributed by atoms with Gasteiger partial charge in [0.05, 0.1) is 11.4 Å². The van der Waals surface area contributed by atoms with Crippen LogP contribution in [0, 0.1) is 0 Å². The second-order valence-corrected chi connectivity index (χ2v) is 18.6. The van der Waals surface area contributed by atoms with Crippen LogP contribution in [0.1, 0.15) is 123 Å². The highest BCUT2D eigenvalue weighted by molar-refractivity contribution is 6.04. The number of hydrogen-bond donors (Lipinski definition) is 0. The Labute approximate surface area is 320 Å². The smallest absolute Gasteiger partial charge is 0.0540 e. The monoisotopic (exact) mass is 697 g/mol. The second-order valence-electron chi connectivity index (χ2n) is 18.6. The van der Waals surface area contributed by atoms with E-state index in [9.17, 15) is 0 Å². The van der Waals surface area contributed by atoms with Gasteiger partial charge in [0.1, 0.15) is 0 Å². The SMILES string of the molecule is CC(C)(C)c1ccc(N(c2ccccc2-c2cc(C(C)(C)C)cc(C(C)(C)C)c2)c2ccccc2-c2cccc3cccc(C4CCCCC4)c23)cc1. The van der Waals surface area contributed by atoms with Gasteiger partial charge >= 0.3 is 0 Å². The minimum atomic E-state index is 0.0183. The molecule has 0 spiro atoms. The fourth-order valence-electron chi connectivity index (χ4n) is 8.32. The van der Waals surface area contributed by atoms with Crippen LogP contribution >= 0.6 is 0 Å². The molecule has 53 heavy (non-hydrogen) atoms. The first kappa shape index (κ1) is 36.7. The van der Waals surface area contributed by atoms with Gasteiger partial charge in [-0.1, -0.05) is 185 Å². The van der Waals surface area contributed by atoms with Crippen molar-refractivity contribution in [3.8, 4) is 22.3 Å². The van der Waals surface area contributed by atoms with Gasteiger partial charge in [-0.3, -0.25) is 0 Å². The standard InChI is InChI=1S/C52H59N/c1-50(2,3)39-29-31-42(32-30-39)53(47-27-15-13-23-43(47)38-33-40(51(4,5)6)35-41(34-38)52(7,8)9)48-28-16-14-24-45(48)46-26-18-22-37-21-17-25-44(49(37)46)36-19-11-10-12-20-36/h13-18,21-36H,10-12,19-20H2,1-9H3. The van der Waals surface area contributed by atoms with Crippen LogP contribution in [0.25, 0.3) is 33.0 Å². The maximum Gasteiger partial charge on any atom is 0.0540 e. The topological polar surface area (TPSA) is 3.24 Å². The van der Waals surface area contributed by atoms with E-state index in [1.54, 1.807) is 0 Å². The summed E-state index contributed by atoms with van der Waals surface area (Å²) in [4.78, 5) is 2.53. The lowest BCUT2D eigenvalue weighted by molar-refractivity contribution is 0.445. The van der Waals surface area contributed by atoms with E-state index in [1.807, 2.05) is 0 Å². The van der Waals surface area contributed by atoms with Crippen molar-refractivity contribution < 1.29 is 0 Å². The highest BCUT2D eigenvalue weighted by atomic mass is 15.1. The highest BCUT2D eigenvalue weighted by Gasteiger charge is 2.26. The minimum Gasteiger partial charge on any atom is -0.309 e. The Morgan fingerprint density at radius 2 is 0.962 bits per heavy atom. The second kappa shape index (κ2) is 14.3. The van der Waals surface area contributed by atoms with Gasteiger partial charge in [-0.05, 0) is 103 Å². The van der Waals surface area contributed by atoms with Gasteiger partial charge in [0, 0.05) is 16.8 Å². The van der Waals surface area contributed by atoms with Crippen LogP contribution in [0.15, 0.2) is 127 Å². The molecule has 0 radical (unpaired) electrons. The Balaban J connectivity index is 1.50. The average molecular weight is 698 g/mol. The van der Waals surface area contributed by atoms with E-state index in [4.69, 9.17) is 0 Å². The third kappa shape index (κ3) is 7.59. The normalized spacial score (nSPS) is 14.4. The average Bonchev–Trinajstić information content (AvgIpc) is 3.14. The predicted molar refractivity (Wildman–Crippen MR) is 231 cm³/mol. The first-order chi connectivity index (χ1) is 25.2. The summed E-state index contributed by atoms with van der Waals surface area (Å²) >= 11 is 0. The first-order valence-electron chi connectivity index (χ1n) is 20.0. The van der Waals surface area contributed by atoms with Crippen LogP contribution < -0.4 is 4.90 Å². The minimum absolute atomic E-state index is 0.0183. The third-order valence-electron chi connectivity index (χ3n) is 11.5. The number of hydrogen-bond acceptors (Lipinski definition) is 1. The van der Waals surface area contributed by atoms with E-state index in [2.05, 4.69) is 195 Å². The summed E-state index contributed by atoms with van der Waals surface area (Å²) in [6.07, 6.45) is 6.55. The molecule has 1 nitrogen and oxygen atoms in total. The van der Waals surface area contributed by atoms with Crippen LogP contribution in [0.2, 0.25) is 0 Å². The zero-order valence-corrected chi connectivity index (χ0v) is 33.7. The van der Waals surface area contributed by atoms with Gasteiger partial charge in [-0.15, -0.1) is 0 Å². The molecule has 0 atom stereocenters. The molecule has 1 saturated carbocycles. The molecule has 1 aliphatic carbocycles. The molecule has 0 heterocycles. The molecule has 7 rings (SSSR count). The zero-order chi connectivity index (χ0) is 37.5. The third-order valence-corrected chi connectivity index (χ3v) is 11.5. The molecule has 1 aliphatic rings. The molecule has 6 aromatic rings. The molecule has 0 N–H and O–H groups in total. The molecule has 272 valence electrons. The van der Waals surface area contributed by atoms with E-state index >= 15 is 0 Å². The molecule has 0 aromatic heterocycles. The number of nitrogens with zero attached hydrogens (tertiary/aromatic N) is 1. The summed E-state index contributed by atoms with van der Waals surface area (Å²) in [6.45, 7) is 20.9. The van der Waals surface area contributed by atoms with Gasteiger partial charge in [-0.2, -0.15) is 0 Å². The van der Waals surface area contributed by atoms with Gasteiger partial charge in [0.15, 0.2) is 0 Å². The summed E-state index contributed by atoms with van der Waals surface area (Å²) in [7, 11) is 0. The zero-order valence-electron chi connectivity index (χ0n) is 33.7. The van der Waals surface area contributed by atoms with E-state index < -0.39 is 0 Å². The van der Waals surface area contributed by atoms with E-state index in [1.165, 1.54) is 98.8 Å². The van der Waals surface area contributed by atoms with Gasteiger partial charge in [-0.25, -0.2) is 0 Å². The van der Waals surface area contributed by atoms with Crippen molar-refractivity contribution in [3.05, 3.63) is 150 Å². The molecule has 0 aliphatic heterocycles. The van der Waals surface area contributed by atoms with Crippen molar-refractivity contribution in [2.24, 2.45) is 0 Å². The van der Waals surface area contributed by atoms with Gasteiger partial charge < -0.3 is 4.90 Å². The van der Waals surface area contributed by atoms with E-state index in [-0.39, 0.29) is 16.2 Å². The Bertz CT molecular complexity index is 2170. The lowest BCUT2D eigenvalue weighted by atomic mass is 9.78. The van der Waals surface area contributed by atoms with Gasteiger partial charge in [0.2, 0.25) is 0 Å². The summed E-state index contributed by atoms with van der Waals surface area (Å²) < 4.78 is 0. The molecule has 0 bridgehead atoms. The fraction of sp³-hybridized carbons (Fsp3) is 0.346. The molecule has 0 amide bonds. The number of fused-ring (bicyclic) bond motifs is 1. The Morgan fingerprint density at radius 3 is 1.55 bits per heavy atom. The van der Waals surface area contributed by atoms with Crippen molar-refractivity contribution in [2.45, 2.75) is 117 Å². The lowest BCUT2D eigenvalue weighted by Crippen LogP contribution is -2.17. The first-order valence-corrected chi connectivity index (χ1v) is 20.0. The summed E-state index contributed by atoms with van der Waals surface area (Å²) in [5, 5.41) is 2.74. The Morgan fingerprint density at radius 1 is 0.453 bits per heavy atom. The lowest BCUT2D eigenvalue weighted by Gasteiger charge is -2.32. The van der Waals surface area contributed by atoms with Crippen molar-refractivity contribution >= 4 is 27.8 Å². The maximum absolute atomic E-state index is 2.53. The van der Waals surface area contributed by atoms with Crippen LogP contribution in [0.5, 0.6) is 0 Å². The molecule has 0 unspecified atom stereocenters. The quantitative estimate of drug-likeness (QED) is 0.167. The molecular weight excluding hydrogens is 639 g/mol. The Hall–Kier alpha value is -4.62. The van der Waals surface area contributed by atoms with Crippen LogP contribution in [0.3, 0.4) is 0 Å². The summed E-state index contributed by atoms with van der Waals surface area (Å²) in [5.74, 6) is 0.606. The van der Waals surface area contributed by atoms with Crippen LogP contribution in [-0.4, -0.2) is 0 Å². The predicted octanol–water partition coefficient (Wildman–Crippen LogP) is 15.6. The number of benzene rings is 6. The van der Waals surface area contributed by atoms with Gasteiger partial charge in [0.25, 0.3) is 0 Å². The van der Waals surface area contributed by atoms with Crippen molar-refractivity contribution in [2.75, 3.05) is 4.90 Å². The Kier molecular flexibility index (Phi) is 9.92. The number of anilines is 3. The van der Waals surface area contributed by atoms with Crippen LogP contribution in [0.4, 0.5) is 17.1 Å². The fourth-order valence-corrected chi connectivity index (χ4v) is 8.32. The number of rotatable bonds is 6. The summed E-state index contributed by atoms with van der Waals surface area (Å²) in [5.41, 5.74) is 14.3. The molecule has 1 fully saturated rings. The molecular formula is C52H59N. The van der Waals surface area contributed by atoms with Crippen molar-refractivity contribution in [1.82, 2.24) is 0 Å². The van der Waals surface area contributed by atoms with Crippen LogP contribution in [-0.2, 0) is 16.2 Å². The largest absolute Gasteiger partial charge is 0.309 e. The van der Waals surface area contributed by atoms with E-state index in [0.29, 0.717) is 5.92 Å². The molecule has 6 aromatic carbocycles. The van der Waals surface area contributed by atoms with Crippen molar-refractivity contribution in [3.63, 3.8) is 0 Å². The van der Waals surface area contributed by atoms with E-state index in [0.717, 1.165) is 5.69 Å². The molecule has 0 saturated heterocycles. The maximum atomic E-state index is 2.53. The highest BCUT2D eigenvalue weighted by Crippen LogP contribution is 2.48. The van der Waals surface area contributed by atoms with Crippen molar-refractivity contribution in [1.29, 1.82) is 0 Å². The summed E-state index contributed by atoms with van der Waals surface area (Å²) in [6, 6.07) is 48.7.